The molecule has 0 fully saturated rings. The third kappa shape index (κ3) is 3.87. The third-order valence-corrected chi connectivity index (χ3v) is 3.02. The minimum atomic E-state index is -4.37. The van der Waals surface area contributed by atoms with Crippen LogP contribution >= 0.6 is 0 Å². The van der Waals surface area contributed by atoms with Crippen molar-refractivity contribution in [1.82, 2.24) is 4.98 Å². The third-order valence-electron chi connectivity index (χ3n) is 3.02. The molecule has 0 atom stereocenters. The van der Waals surface area contributed by atoms with Crippen molar-refractivity contribution in [3.05, 3.63) is 53.2 Å². The molecule has 0 spiro atoms. The Morgan fingerprint density at radius 1 is 1.10 bits per heavy atom. The second-order valence-electron chi connectivity index (χ2n) is 4.53. The summed E-state index contributed by atoms with van der Waals surface area (Å²) in [7, 11) is 1.59. The lowest BCUT2D eigenvalue weighted by Crippen LogP contribution is -2.10. The molecule has 0 amide bonds. The summed E-state index contributed by atoms with van der Waals surface area (Å²) in [4.78, 5) is 3.93. The van der Waals surface area contributed by atoms with Gasteiger partial charge in [0.1, 0.15) is 11.6 Å². The highest BCUT2D eigenvalue weighted by molar-refractivity contribution is 5.40. The van der Waals surface area contributed by atoms with E-state index in [9.17, 15) is 13.2 Å². The second-order valence-corrected chi connectivity index (χ2v) is 4.53. The first-order chi connectivity index (χ1) is 9.90. The van der Waals surface area contributed by atoms with Gasteiger partial charge in [-0.2, -0.15) is 13.2 Å². The van der Waals surface area contributed by atoms with E-state index < -0.39 is 11.7 Å². The summed E-state index contributed by atoms with van der Waals surface area (Å²) in [5.41, 5.74) is 0.231. The van der Waals surface area contributed by atoms with Gasteiger partial charge in [0.15, 0.2) is 0 Å². The first-order valence-corrected chi connectivity index (χ1v) is 6.32. The van der Waals surface area contributed by atoms with Gasteiger partial charge in [-0.3, -0.25) is 0 Å². The van der Waals surface area contributed by atoms with Gasteiger partial charge in [0.2, 0.25) is 0 Å². The Hall–Kier alpha value is -2.24. The number of hydrogen-bond donors (Lipinski definition) is 1. The number of hydrogen-bond acceptors (Lipinski definition) is 3. The van der Waals surface area contributed by atoms with Crippen molar-refractivity contribution in [3.63, 3.8) is 0 Å². The Kier molecular flexibility index (Phi) is 4.35. The Labute approximate surface area is 120 Å². The zero-order valence-corrected chi connectivity index (χ0v) is 11.7. The first-order valence-electron chi connectivity index (χ1n) is 6.32. The molecule has 0 aliphatic rings. The zero-order valence-electron chi connectivity index (χ0n) is 11.7. The lowest BCUT2D eigenvalue weighted by Gasteiger charge is -2.12. The Morgan fingerprint density at radius 2 is 1.76 bits per heavy atom. The van der Waals surface area contributed by atoms with Crippen LogP contribution in [0.2, 0.25) is 0 Å². The average Bonchev–Trinajstić information content (AvgIpc) is 2.44. The van der Waals surface area contributed by atoms with Crippen LogP contribution in [0.3, 0.4) is 0 Å². The van der Waals surface area contributed by atoms with Gasteiger partial charge in [-0.05, 0) is 36.8 Å². The molecule has 112 valence electrons. The van der Waals surface area contributed by atoms with Crippen LogP contribution in [-0.4, -0.2) is 12.1 Å². The number of nitrogens with zero attached hydrogens (tertiary/aromatic N) is 1. The van der Waals surface area contributed by atoms with Crippen molar-refractivity contribution in [2.75, 3.05) is 12.4 Å². The SMILES string of the molecule is COc1ccc(CNc2ccc(C(F)(F)F)c(C)n2)cc1. The summed E-state index contributed by atoms with van der Waals surface area (Å²) in [6.45, 7) is 1.82. The maximum Gasteiger partial charge on any atom is 0.418 e. The number of anilines is 1. The fourth-order valence-corrected chi connectivity index (χ4v) is 1.90. The molecule has 0 aliphatic carbocycles. The van der Waals surface area contributed by atoms with Crippen molar-refractivity contribution in [2.45, 2.75) is 19.6 Å². The van der Waals surface area contributed by atoms with Crippen LogP contribution in [0, 0.1) is 6.92 Å². The molecule has 1 heterocycles. The molecule has 2 rings (SSSR count). The Bertz CT molecular complexity index is 609. The summed E-state index contributed by atoms with van der Waals surface area (Å²) in [5.74, 6) is 1.17. The van der Waals surface area contributed by atoms with Crippen LogP contribution in [0.5, 0.6) is 5.75 Å². The molecule has 0 aliphatic heterocycles. The van der Waals surface area contributed by atoms with E-state index in [0.29, 0.717) is 12.4 Å². The molecule has 1 aromatic heterocycles. The van der Waals surface area contributed by atoms with E-state index in [4.69, 9.17) is 4.74 Å². The van der Waals surface area contributed by atoms with E-state index in [1.807, 2.05) is 24.3 Å². The van der Waals surface area contributed by atoms with Crippen LogP contribution in [0.1, 0.15) is 16.8 Å². The summed E-state index contributed by atoms with van der Waals surface area (Å²) >= 11 is 0. The molecule has 6 heteroatoms. The van der Waals surface area contributed by atoms with E-state index in [0.717, 1.165) is 17.4 Å². The highest BCUT2D eigenvalue weighted by atomic mass is 19.4. The number of methoxy groups -OCH3 is 1. The summed E-state index contributed by atoms with van der Waals surface area (Å²) in [5, 5.41) is 3.00. The average molecular weight is 296 g/mol. The number of aromatic nitrogens is 1. The van der Waals surface area contributed by atoms with Crippen molar-refractivity contribution in [3.8, 4) is 5.75 Å². The number of alkyl halides is 3. The molecule has 1 N–H and O–H groups in total. The number of nitrogens with one attached hydrogen (secondary N) is 1. The van der Waals surface area contributed by atoms with Crippen molar-refractivity contribution < 1.29 is 17.9 Å². The molecular formula is C15H15F3N2O. The molecule has 21 heavy (non-hydrogen) atoms. The van der Waals surface area contributed by atoms with Gasteiger partial charge in [0.25, 0.3) is 0 Å². The number of halogens is 3. The number of benzene rings is 1. The first kappa shape index (κ1) is 15.2. The Balaban J connectivity index is 2.05. The van der Waals surface area contributed by atoms with Gasteiger partial charge in [0.05, 0.1) is 18.4 Å². The predicted octanol–water partition coefficient (Wildman–Crippen LogP) is 4.03. The summed E-state index contributed by atoms with van der Waals surface area (Å²) < 4.78 is 42.9. The Morgan fingerprint density at radius 3 is 2.29 bits per heavy atom. The van der Waals surface area contributed by atoms with Gasteiger partial charge in [-0.25, -0.2) is 4.98 Å². The molecule has 0 saturated carbocycles. The van der Waals surface area contributed by atoms with Crippen LogP contribution in [0.4, 0.5) is 19.0 Å². The molecule has 3 nitrogen and oxygen atoms in total. The monoisotopic (exact) mass is 296 g/mol. The number of aryl methyl sites for hydroxylation is 1. The summed E-state index contributed by atoms with van der Waals surface area (Å²) in [6.07, 6.45) is -4.37. The molecule has 0 unspecified atom stereocenters. The molecule has 0 bridgehead atoms. The lowest BCUT2D eigenvalue weighted by molar-refractivity contribution is -0.138. The minimum absolute atomic E-state index is 0.0396. The standard InChI is InChI=1S/C15H15F3N2O/c1-10-13(15(16,17)18)7-8-14(20-10)19-9-11-3-5-12(21-2)6-4-11/h3-8H,9H2,1-2H3,(H,19,20). The van der Waals surface area contributed by atoms with Gasteiger partial charge >= 0.3 is 6.18 Å². The fourth-order valence-electron chi connectivity index (χ4n) is 1.90. The quantitative estimate of drug-likeness (QED) is 0.925. The topological polar surface area (TPSA) is 34.1 Å². The highest BCUT2D eigenvalue weighted by Crippen LogP contribution is 2.31. The molecular weight excluding hydrogens is 281 g/mol. The second kappa shape index (κ2) is 6.03. The van der Waals surface area contributed by atoms with Gasteiger partial charge in [-0.1, -0.05) is 12.1 Å². The largest absolute Gasteiger partial charge is 0.497 e. The molecule has 2 aromatic rings. The number of rotatable bonds is 4. The van der Waals surface area contributed by atoms with E-state index >= 15 is 0 Å². The van der Waals surface area contributed by atoms with Crippen LogP contribution < -0.4 is 10.1 Å². The van der Waals surface area contributed by atoms with Crippen LogP contribution in [0.15, 0.2) is 36.4 Å². The number of ether oxygens (including phenoxy) is 1. The van der Waals surface area contributed by atoms with Crippen LogP contribution in [-0.2, 0) is 12.7 Å². The highest BCUT2D eigenvalue weighted by Gasteiger charge is 2.32. The fraction of sp³-hybridized carbons (Fsp3) is 0.267. The lowest BCUT2D eigenvalue weighted by atomic mass is 10.2. The molecule has 0 saturated heterocycles. The van der Waals surface area contributed by atoms with E-state index in [1.165, 1.54) is 13.0 Å². The maximum atomic E-state index is 12.6. The van der Waals surface area contributed by atoms with Gasteiger partial charge in [-0.15, -0.1) is 0 Å². The van der Waals surface area contributed by atoms with E-state index in [1.54, 1.807) is 7.11 Å². The van der Waals surface area contributed by atoms with E-state index in [2.05, 4.69) is 10.3 Å². The number of pyridine rings is 1. The van der Waals surface area contributed by atoms with E-state index in [-0.39, 0.29) is 5.69 Å². The summed E-state index contributed by atoms with van der Waals surface area (Å²) in [6, 6.07) is 9.77. The minimum Gasteiger partial charge on any atom is -0.497 e. The smallest absolute Gasteiger partial charge is 0.418 e. The molecule has 1 aromatic carbocycles. The normalized spacial score (nSPS) is 11.3. The van der Waals surface area contributed by atoms with Crippen molar-refractivity contribution in [2.24, 2.45) is 0 Å². The van der Waals surface area contributed by atoms with Gasteiger partial charge in [0, 0.05) is 6.54 Å². The molecule has 0 radical (unpaired) electrons. The van der Waals surface area contributed by atoms with Crippen LogP contribution in [0.25, 0.3) is 0 Å². The van der Waals surface area contributed by atoms with Crippen molar-refractivity contribution >= 4 is 5.82 Å². The van der Waals surface area contributed by atoms with Gasteiger partial charge < -0.3 is 10.1 Å². The zero-order chi connectivity index (χ0) is 15.5. The predicted molar refractivity (Wildman–Crippen MR) is 74.3 cm³/mol. The maximum absolute atomic E-state index is 12.6. The van der Waals surface area contributed by atoms with Crippen molar-refractivity contribution in [1.29, 1.82) is 0 Å².